The van der Waals surface area contributed by atoms with Crippen LogP contribution < -0.4 is 11.1 Å². The quantitative estimate of drug-likeness (QED) is 0.285. The number of carbonyl (C=O) groups excluding carboxylic acids is 3. The summed E-state index contributed by atoms with van der Waals surface area (Å²) in [6.45, 7) is 0.195. The maximum absolute atomic E-state index is 12.5. The van der Waals surface area contributed by atoms with Gasteiger partial charge in [-0.25, -0.2) is 9.48 Å². The van der Waals surface area contributed by atoms with E-state index in [0.29, 0.717) is 16.5 Å². The highest BCUT2D eigenvalue weighted by molar-refractivity contribution is 8.01. The van der Waals surface area contributed by atoms with Gasteiger partial charge in [-0.15, -0.1) is 16.9 Å². The minimum atomic E-state index is -1.25. The van der Waals surface area contributed by atoms with Gasteiger partial charge in [0.2, 0.25) is 17.0 Å². The Balaban J connectivity index is 1.71. The average Bonchev–Trinajstić information content (AvgIpc) is 3.15. The summed E-state index contributed by atoms with van der Waals surface area (Å²) in [6, 6.07) is 0.837. The Morgan fingerprint density at radius 2 is 2.20 bits per heavy atom. The molecule has 1 aromatic rings. The van der Waals surface area contributed by atoms with Crippen LogP contribution in [0.3, 0.4) is 0 Å². The number of thioether (sulfide) groups is 2. The Hall–Kier alpha value is -3.12. The van der Waals surface area contributed by atoms with Crippen LogP contribution in [0.1, 0.15) is 12.8 Å². The third-order valence-electron chi connectivity index (χ3n) is 4.25. The van der Waals surface area contributed by atoms with Crippen LogP contribution in [-0.2, 0) is 25.7 Å². The highest BCUT2D eigenvalue weighted by Gasteiger charge is 2.54. The smallest absolute Gasteiger partial charge is 0.352 e. The van der Waals surface area contributed by atoms with Gasteiger partial charge in [0, 0.05) is 17.9 Å². The van der Waals surface area contributed by atoms with Gasteiger partial charge < -0.3 is 16.2 Å². The van der Waals surface area contributed by atoms with Gasteiger partial charge in [-0.1, -0.05) is 11.8 Å². The first-order valence-electron chi connectivity index (χ1n) is 8.57. The average molecular weight is 452 g/mol. The summed E-state index contributed by atoms with van der Waals surface area (Å²) >= 11 is 2.50. The number of aliphatic carboxylic acids is 1. The number of nitriles is 1. The molecule has 1 unspecified atom stereocenters. The minimum Gasteiger partial charge on any atom is -0.477 e. The highest BCUT2D eigenvalue weighted by atomic mass is 32.2. The van der Waals surface area contributed by atoms with E-state index in [1.807, 2.05) is 0 Å². The van der Waals surface area contributed by atoms with Crippen molar-refractivity contribution in [3.63, 3.8) is 0 Å². The summed E-state index contributed by atoms with van der Waals surface area (Å²) < 4.78 is 1.39. The standard InChI is InChI=1S/C15H16N8O5S2/c16-3-1-9(25)18-10-12(26)23-11(14(27)28)7(5-29-13(10)23)6-30-15-19-20-21-22(15)4-2-8(17)24/h10,13H,1-2,4-6H2,(H2,17,24)(H,18,25)(H,27,28)/t10?,13-/m1/s1. The summed E-state index contributed by atoms with van der Waals surface area (Å²) in [6.07, 6.45) is -0.324. The second-order valence-electron chi connectivity index (χ2n) is 6.24. The molecule has 30 heavy (non-hydrogen) atoms. The molecule has 2 aliphatic heterocycles. The van der Waals surface area contributed by atoms with E-state index in [-0.39, 0.29) is 30.8 Å². The number of primary amides is 1. The molecular formula is C15H16N8O5S2. The molecule has 15 heteroatoms. The Morgan fingerprint density at radius 1 is 1.43 bits per heavy atom. The van der Waals surface area contributed by atoms with Crippen LogP contribution in [0.2, 0.25) is 0 Å². The van der Waals surface area contributed by atoms with Gasteiger partial charge in [0.1, 0.15) is 23.5 Å². The monoisotopic (exact) mass is 452 g/mol. The number of tetrazole rings is 1. The van der Waals surface area contributed by atoms with Gasteiger partial charge in [-0.05, 0) is 16.0 Å². The molecule has 2 aliphatic rings. The fraction of sp³-hybridized carbons (Fsp3) is 0.467. The number of hydrogen-bond acceptors (Lipinski definition) is 10. The Bertz CT molecular complexity index is 970. The van der Waals surface area contributed by atoms with E-state index < -0.39 is 35.1 Å². The molecule has 0 bridgehead atoms. The SMILES string of the molecule is N#CCC(=O)NC1C(=O)N2C(C(=O)O)=C(CSc3nnnn3CCC(N)=O)CS[C@H]12. The molecule has 1 saturated heterocycles. The van der Waals surface area contributed by atoms with Crippen molar-refractivity contribution in [3.8, 4) is 6.07 Å². The lowest BCUT2D eigenvalue weighted by Crippen LogP contribution is -2.70. The number of amides is 3. The third-order valence-corrected chi connectivity index (χ3v) is 6.63. The van der Waals surface area contributed by atoms with Crippen LogP contribution in [-0.4, -0.2) is 76.8 Å². The minimum absolute atomic E-state index is 0.0559. The number of carboxylic acids is 1. The third kappa shape index (κ3) is 4.39. The number of rotatable bonds is 9. The van der Waals surface area contributed by atoms with Crippen LogP contribution >= 0.6 is 23.5 Å². The molecule has 0 radical (unpaired) electrons. The summed E-state index contributed by atoms with van der Waals surface area (Å²) in [4.78, 5) is 48.0. The summed E-state index contributed by atoms with van der Waals surface area (Å²) in [5, 5.41) is 31.7. The molecule has 3 amide bonds. The van der Waals surface area contributed by atoms with E-state index in [1.165, 1.54) is 28.2 Å². The topological polar surface area (TPSA) is 197 Å². The largest absolute Gasteiger partial charge is 0.477 e. The summed E-state index contributed by atoms with van der Waals surface area (Å²) in [5.74, 6) is -2.32. The first-order chi connectivity index (χ1) is 14.3. The van der Waals surface area contributed by atoms with Crippen molar-refractivity contribution >= 4 is 47.2 Å². The molecule has 4 N–H and O–H groups in total. The number of nitrogens with two attached hydrogens (primary N) is 1. The number of hydrogen-bond donors (Lipinski definition) is 3. The maximum atomic E-state index is 12.5. The lowest BCUT2D eigenvalue weighted by Gasteiger charge is -2.49. The number of fused-ring (bicyclic) bond motifs is 1. The van der Waals surface area contributed by atoms with Gasteiger partial charge in [0.25, 0.3) is 5.91 Å². The van der Waals surface area contributed by atoms with E-state index in [9.17, 15) is 24.3 Å². The summed E-state index contributed by atoms with van der Waals surface area (Å²) in [7, 11) is 0. The van der Waals surface area contributed by atoms with Crippen molar-refractivity contribution < 1.29 is 24.3 Å². The van der Waals surface area contributed by atoms with E-state index >= 15 is 0 Å². The second-order valence-corrected chi connectivity index (χ2v) is 8.28. The van der Waals surface area contributed by atoms with Crippen molar-refractivity contribution in [2.75, 3.05) is 11.5 Å². The van der Waals surface area contributed by atoms with Gasteiger partial charge in [-0.2, -0.15) is 5.26 Å². The molecule has 1 aromatic heterocycles. The lowest BCUT2D eigenvalue weighted by molar-refractivity contribution is -0.150. The van der Waals surface area contributed by atoms with E-state index in [4.69, 9.17) is 11.0 Å². The van der Waals surface area contributed by atoms with E-state index in [1.54, 1.807) is 6.07 Å². The molecule has 0 saturated carbocycles. The summed E-state index contributed by atoms with van der Waals surface area (Å²) in [5.41, 5.74) is 5.51. The Kier molecular flexibility index (Phi) is 6.57. The molecule has 3 rings (SSSR count). The first-order valence-corrected chi connectivity index (χ1v) is 10.6. The van der Waals surface area contributed by atoms with Crippen LogP contribution in [0, 0.1) is 11.3 Å². The predicted molar refractivity (Wildman–Crippen MR) is 102 cm³/mol. The number of aromatic nitrogens is 4. The van der Waals surface area contributed by atoms with Crippen LogP contribution in [0.25, 0.3) is 0 Å². The molecule has 2 atom stereocenters. The number of aryl methyl sites for hydroxylation is 1. The van der Waals surface area contributed by atoms with Crippen molar-refractivity contribution in [1.82, 2.24) is 30.4 Å². The number of nitrogens with zero attached hydrogens (tertiary/aromatic N) is 6. The van der Waals surface area contributed by atoms with Crippen molar-refractivity contribution in [2.45, 2.75) is 36.0 Å². The first kappa shape index (κ1) is 21.6. The number of carbonyl (C=O) groups is 4. The fourth-order valence-corrected chi connectivity index (χ4v) is 5.29. The van der Waals surface area contributed by atoms with Crippen molar-refractivity contribution in [2.24, 2.45) is 5.73 Å². The molecular weight excluding hydrogens is 436 g/mol. The highest BCUT2D eigenvalue weighted by Crippen LogP contribution is 2.41. The fourth-order valence-electron chi connectivity index (χ4n) is 2.90. The molecule has 0 aromatic carbocycles. The van der Waals surface area contributed by atoms with Crippen LogP contribution in [0.4, 0.5) is 0 Å². The van der Waals surface area contributed by atoms with Crippen LogP contribution in [0.5, 0.6) is 0 Å². The normalized spacial score (nSPS) is 20.2. The maximum Gasteiger partial charge on any atom is 0.352 e. The zero-order chi connectivity index (χ0) is 21.8. The van der Waals surface area contributed by atoms with Gasteiger partial charge >= 0.3 is 5.97 Å². The number of carboxylic acid groups (broad SMARTS) is 1. The molecule has 0 aliphatic carbocycles. The van der Waals surface area contributed by atoms with Crippen molar-refractivity contribution in [1.29, 1.82) is 5.26 Å². The Morgan fingerprint density at radius 3 is 2.87 bits per heavy atom. The van der Waals surface area contributed by atoms with Gasteiger partial charge in [-0.3, -0.25) is 19.3 Å². The van der Waals surface area contributed by atoms with E-state index in [0.717, 1.165) is 4.90 Å². The Labute approximate surface area is 178 Å². The van der Waals surface area contributed by atoms with Crippen molar-refractivity contribution in [3.05, 3.63) is 11.3 Å². The number of nitrogens with one attached hydrogen (secondary N) is 1. The zero-order valence-corrected chi connectivity index (χ0v) is 17.0. The molecule has 3 heterocycles. The molecule has 158 valence electrons. The van der Waals surface area contributed by atoms with Crippen LogP contribution in [0.15, 0.2) is 16.4 Å². The second kappa shape index (κ2) is 9.13. The zero-order valence-electron chi connectivity index (χ0n) is 15.3. The lowest BCUT2D eigenvalue weighted by atomic mass is 10.0. The van der Waals surface area contributed by atoms with Gasteiger partial charge in [0.05, 0.1) is 12.6 Å². The predicted octanol–water partition coefficient (Wildman–Crippen LogP) is -1.71. The number of β-lactam (4-membered cyclic amide) rings is 1. The molecule has 1 fully saturated rings. The molecule has 0 spiro atoms. The molecule has 13 nitrogen and oxygen atoms in total. The van der Waals surface area contributed by atoms with Gasteiger partial charge in [0.15, 0.2) is 0 Å². The van der Waals surface area contributed by atoms with E-state index in [2.05, 4.69) is 20.8 Å².